The summed E-state index contributed by atoms with van der Waals surface area (Å²) in [7, 11) is -4.08. The summed E-state index contributed by atoms with van der Waals surface area (Å²) in [5.41, 5.74) is 0.292. The van der Waals surface area contributed by atoms with Gasteiger partial charge in [-0.1, -0.05) is 0 Å². The fourth-order valence-corrected chi connectivity index (χ4v) is 3.41. The van der Waals surface area contributed by atoms with Crippen LogP contribution in [0.4, 0.5) is 0 Å². The first-order valence-electron chi connectivity index (χ1n) is 6.69. The second-order valence-corrected chi connectivity index (χ2v) is 6.64. The topological polar surface area (TPSA) is 128 Å². The van der Waals surface area contributed by atoms with Crippen LogP contribution in [0.3, 0.4) is 0 Å². The molecule has 0 aromatic heterocycles. The molecule has 23 heavy (non-hydrogen) atoms. The standard InChI is InChI=1S/C14H17N3O5S/c1-10(14(19)20)17(8-7-16-11(2)18)23(21,22)13-5-3-12(9-15)4-6-13/h3-6,10H,7-8H2,1-2H3,(H,16,18)(H,19,20). The molecular formula is C14H17N3O5S. The highest BCUT2D eigenvalue weighted by Crippen LogP contribution is 2.18. The average Bonchev–Trinajstić information content (AvgIpc) is 2.50. The Balaban J connectivity index is 3.13. The average molecular weight is 339 g/mol. The molecule has 8 nitrogen and oxygen atoms in total. The Kier molecular flexibility index (Phi) is 6.24. The first kappa shape index (κ1) is 18.6. The van der Waals surface area contributed by atoms with E-state index >= 15 is 0 Å². The van der Waals surface area contributed by atoms with Crippen molar-refractivity contribution in [1.29, 1.82) is 5.26 Å². The van der Waals surface area contributed by atoms with E-state index in [2.05, 4.69) is 5.32 Å². The Morgan fingerprint density at radius 3 is 2.35 bits per heavy atom. The number of carbonyl (C=O) groups excluding carboxylic acids is 1. The van der Waals surface area contributed by atoms with Crippen LogP contribution in [0.25, 0.3) is 0 Å². The number of hydrogen-bond donors (Lipinski definition) is 2. The van der Waals surface area contributed by atoms with E-state index in [1.54, 1.807) is 0 Å². The predicted octanol–water partition coefficient (Wildman–Crippen LogP) is 0.158. The molecule has 0 bridgehead atoms. The van der Waals surface area contributed by atoms with Gasteiger partial charge in [0.25, 0.3) is 0 Å². The summed E-state index contributed by atoms with van der Waals surface area (Å²) in [6, 6.07) is 5.73. The molecule has 9 heteroatoms. The highest BCUT2D eigenvalue weighted by Gasteiger charge is 2.32. The third kappa shape index (κ3) is 4.77. The molecule has 0 saturated carbocycles. The fourth-order valence-electron chi connectivity index (χ4n) is 1.82. The van der Waals surface area contributed by atoms with E-state index < -0.39 is 22.0 Å². The molecule has 0 aliphatic rings. The van der Waals surface area contributed by atoms with E-state index in [0.717, 1.165) is 4.31 Å². The third-order valence-corrected chi connectivity index (χ3v) is 5.07. The number of carbonyl (C=O) groups is 2. The molecule has 0 saturated heterocycles. The molecule has 1 aromatic rings. The molecular weight excluding hydrogens is 322 g/mol. The van der Waals surface area contributed by atoms with E-state index in [-0.39, 0.29) is 23.9 Å². The van der Waals surface area contributed by atoms with Crippen LogP contribution in [0.15, 0.2) is 29.2 Å². The minimum absolute atomic E-state index is 0.0114. The summed E-state index contributed by atoms with van der Waals surface area (Å²) in [5, 5.41) is 20.3. The maximum Gasteiger partial charge on any atom is 0.321 e. The van der Waals surface area contributed by atoms with Gasteiger partial charge in [0.2, 0.25) is 15.9 Å². The summed E-state index contributed by atoms with van der Waals surface area (Å²) in [6.07, 6.45) is 0. The quantitative estimate of drug-likeness (QED) is 0.728. The summed E-state index contributed by atoms with van der Waals surface area (Å²) in [6.45, 7) is 2.33. The zero-order valence-corrected chi connectivity index (χ0v) is 13.5. The molecule has 0 radical (unpaired) electrons. The van der Waals surface area contributed by atoms with Crippen LogP contribution in [-0.4, -0.2) is 48.8 Å². The van der Waals surface area contributed by atoms with Crippen LogP contribution in [0, 0.1) is 11.3 Å². The number of carboxylic acids is 1. The number of nitrogens with one attached hydrogen (secondary N) is 1. The molecule has 0 fully saturated rings. The van der Waals surface area contributed by atoms with E-state index in [4.69, 9.17) is 10.4 Å². The molecule has 0 aliphatic carbocycles. The van der Waals surface area contributed by atoms with Gasteiger partial charge in [-0.05, 0) is 31.2 Å². The largest absolute Gasteiger partial charge is 0.480 e. The lowest BCUT2D eigenvalue weighted by atomic mass is 10.2. The monoisotopic (exact) mass is 339 g/mol. The van der Waals surface area contributed by atoms with Crippen LogP contribution in [0.5, 0.6) is 0 Å². The van der Waals surface area contributed by atoms with Crippen molar-refractivity contribution >= 4 is 21.9 Å². The van der Waals surface area contributed by atoms with Gasteiger partial charge in [0.1, 0.15) is 6.04 Å². The Hall–Kier alpha value is -2.44. The van der Waals surface area contributed by atoms with Gasteiger partial charge >= 0.3 is 5.97 Å². The van der Waals surface area contributed by atoms with E-state index in [1.807, 2.05) is 6.07 Å². The van der Waals surface area contributed by atoms with Crippen molar-refractivity contribution in [2.75, 3.05) is 13.1 Å². The number of carboxylic acid groups (broad SMARTS) is 1. The zero-order valence-electron chi connectivity index (χ0n) is 12.7. The second kappa shape index (κ2) is 7.71. The van der Waals surface area contributed by atoms with Crippen molar-refractivity contribution < 1.29 is 23.1 Å². The lowest BCUT2D eigenvalue weighted by Crippen LogP contribution is -2.46. The van der Waals surface area contributed by atoms with Gasteiger partial charge in [0.05, 0.1) is 16.5 Å². The highest BCUT2D eigenvalue weighted by molar-refractivity contribution is 7.89. The van der Waals surface area contributed by atoms with Crippen molar-refractivity contribution in [1.82, 2.24) is 9.62 Å². The van der Waals surface area contributed by atoms with Crippen molar-refractivity contribution in [2.24, 2.45) is 0 Å². The maximum atomic E-state index is 12.6. The molecule has 1 amide bonds. The van der Waals surface area contributed by atoms with Crippen molar-refractivity contribution in [3.05, 3.63) is 29.8 Å². The number of sulfonamides is 1. The van der Waals surface area contributed by atoms with Gasteiger partial charge in [-0.25, -0.2) is 8.42 Å². The van der Waals surface area contributed by atoms with Crippen molar-refractivity contribution in [3.63, 3.8) is 0 Å². The highest BCUT2D eigenvalue weighted by atomic mass is 32.2. The molecule has 124 valence electrons. The summed E-state index contributed by atoms with van der Waals surface area (Å²) >= 11 is 0. The number of rotatable bonds is 7. The molecule has 0 aliphatic heterocycles. The predicted molar refractivity (Wildman–Crippen MR) is 80.8 cm³/mol. The van der Waals surface area contributed by atoms with Gasteiger partial charge < -0.3 is 10.4 Å². The SMILES string of the molecule is CC(=O)NCCN(C(C)C(=O)O)S(=O)(=O)c1ccc(C#N)cc1. The Morgan fingerprint density at radius 1 is 1.35 bits per heavy atom. The van der Waals surface area contributed by atoms with Gasteiger partial charge in [0, 0.05) is 20.0 Å². The molecule has 1 atom stereocenters. The third-order valence-electron chi connectivity index (χ3n) is 3.09. The smallest absolute Gasteiger partial charge is 0.321 e. The Bertz CT molecular complexity index is 722. The van der Waals surface area contributed by atoms with Crippen LogP contribution in [-0.2, 0) is 19.6 Å². The number of nitriles is 1. The molecule has 1 unspecified atom stereocenters. The summed E-state index contributed by atoms with van der Waals surface area (Å²) < 4.78 is 26.0. The Morgan fingerprint density at radius 2 is 1.91 bits per heavy atom. The summed E-state index contributed by atoms with van der Waals surface area (Å²) in [5.74, 6) is -1.64. The van der Waals surface area contributed by atoms with Crippen LogP contribution >= 0.6 is 0 Å². The summed E-state index contributed by atoms with van der Waals surface area (Å²) in [4.78, 5) is 22.0. The fraction of sp³-hybridized carbons (Fsp3) is 0.357. The van der Waals surface area contributed by atoms with E-state index in [1.165, 1.54) is 38.1 Å². The normalized spacial score (nSPS) is 12.4. The lowest BCUT2D eigenvalue weighted by Gasteiger charge is -2.25. The number of benzene rings is 1. The number of hydrogen-bond acceptors (Lipinski definition) is 5. The zero-order chi connectivity index (χ0) is 17.6. The van der Waals surface area contributed by atoms with Crippen LogP contribution < -0.4 is 5.32 Å². The van der Waals surface area contributed by atoms with Crippen molar-refractivity contribution in [3.8, 4) is 6.07 Å². The van der Waals surface area contributed by atoms with Gasteiger partial charge in [-0.2, -0.15) is 9.57 Å². The molecule has 1 rings (SSSR count). The van der Waals surface area contributed by atoms with E-state index in [9.17, 15) is 18.0 Å². The Labute approximate surface area is 134 Å². The van der Waals surface area contributed by atoms with Crippen LogP contribution in [0.1, 0.15) is 19.4 Å². The second-order valence-electron chi connectivity index (χ2n) is 4.75. The first-order chi connectivity index (χ1) is 10.7. The van der Waals surface area contributed by atoms with Gasteiger partial charge in [0.15, 0.2) is 0 Å². The number of nitrogens with zero attached hydrogens (tertiary/aromatic N) is 2. The minimum atomic E-state index is -4.08. The van der Waals surface area contributed by atoms with Crippen molar-refractivity contribution in [2.45, 2.75) is 24.8 Å². The van der Waals surface area contributed by atoms with Gasteiger partial charge in [-0.3, -0.25) is 9.59 Å². The first-order valence-corrected chi connectivity index (χ1v) is 8.13. The molecule has 0 heterocycles. The van der Waals surface area contributed by atoms with Crippen LogP contribution in [0.2, 0.25) is 0 Å². The maximum absolute atomic E-state index is 12.6. The van der Waals surface area contributed by atoms with E-state index in [0.29, 0.717) is 5.56 Å². The molecule has 2 N–H and O–H groups in total. The van der Waals surface area contributed by atoms with Gasteiger partial charge in [-0.15, -0.1) is 0 Å². The molecule has 0 spiro atoms. The lowest BCUT2D eigenvalue weighted by molar-refractivity contribution is -0.140. The number of amides is 1. The minimum Gasteiger partial charge on any atom is -0.480 e. The number of aliphatic carboxylic acids is 1. The molecule has 1 aromatic carbocycles.